The summed E-state index contributed by atoms with van der Waals surface area (Å²) in [4.78, 5) is -0.0635. The SMILES string of the molecule is CCCC(COC)NS(=O)(=O)c1ccc(N)cc1C#N. The van der Waals surface area contributed by atoms with Gasteiger partial charge in [0.15, 0.2) is 0 Å². The smallest absolute Gasteiger partial charge is 0.242 e. The van der Waals surface area contributed by atoms with Crippen LogP contribution in [0.1, 0.15) is 25.3 Å². The van der Waals surface area contributed by atoms with Gasteiger partial charge < -0.3 is 10.5 Å². The van der Waals surface area contributed by atoms with Crippen LogP contribution in [-0.4, -0.2) is 28.2 Å². The van der Waals surface area contributed by atoms with Crippen molar-refractivity contribution in [1.82, 2.24) is 4.72 Å². The molecule has 0 aliphatic rings. The number of nitriles is 1. The van der Waals surface area contributed by atoms with Crippen LogP contribution in [0.15, 0.2) is 23.1 Å². The molecule has 0 radical (unpaired) electrons. The van der Waals surface area contributed by atoms with Gasteiger partial charge in [-0.2, -0.15) is 5.26 Å². The lowest BCUT2D eigenvalue weighted by Crippen LogP contribution is -2.38. The fourth-order valence-corrected chi connectivity index (χ4v) is 3.27. The zero-order chi connectivity index (χ0) is 15.2. The van der Waals surface area contributed by atoms with Gasteiger partial charge in [0, 0.05) is 18.8 Å². The molecule has 0 saturated carbocycles. The van der Waals surface area contributed by atoms with Gasteiger partial charge in [-0.05, 0) is 24.6 Å². The zero-order valence-corrected chi connectivity index (χ0v) is 12.4. The van der Waals surface area contributed by atoms with Gasteiger partial charge in [0.05, 0.1) is 17.1 Å². The molecule has 1 rings (SSSR count). The van der Waals surface area contributed by atoms with Crippen LogP contribution in [0.2, 0.25) is 0 Å². The minimum absolute atomic E-state index is 0.0326. The summed E-state index contributed by atoms with van der Waals surface area (Å²) < 4.78 is 32.2. The number of benzene rings is 1. The van der Waals surface area contributed by atoms with E-state index in [-0.39, 0.29) is 23.1 Å². The van der Waals surface area contributed by atoms with E-state index >= 15 is 0 Å². The molecule has 0 amide bonds. The van der Waals surface area contributed by atoms with Crippen LogP contribution in [0.5, 0.6) is 0 Å². The van der Waals surface area contributed by atoms with E-state index in [0.29, 0.717) is 12.1 Å². The van der Waals surface area contributed by atoms with Gasteiger partial charge in [0.2, 0.25) is 10.0 Å². The molecule has 0 bridgehead atoms. The van der Waals surface area contributed by atoms with E-state index in [2.05, 4.69) is 4.72 Å². The van der Waals surface area contributed by atoms with Crippen molar-refractivity contribution in [2.45, 2.75) is 30.7 Å². The monoisotopic (exact) mass is 297 g/mol. The highest BCUT2D eigenvalue weighted by molar-refractivity contribution is 7.89. The van der Waals surface area contributed by atoms with E-state index in [9.17, 15) is 8.42 Å². The molecule has 1 unspecified atom stereocenters. The van der Waals surface area contributed by atoms with Crippen LogP contribution in [0.25, 0.3) is 0 Å². The zero-order valence-electron chi connectivity index (χ0n) is 11.6. The number of methoxy groups -OCH3 is 1. The molecule has 0 spiro atoms. The highest BCUT2D eigenvalue weighted by atomic mass is 32.2. The van der Waals surface area contributed by atoms with E-state index in [4.69, 9.17) is 15.7 Å². The Morgan fingerprint density at radius 2 is 2.20 bits per heavy atom. The van der Waals surface area contributed by atoms with Crippen LogP contribution < -0.4 is 10.5 Å². The molecule has 1 aromatic rings. The lowest BCUT2D eigenvalue weighted by Gasteiger charge is -2.17. The van der Waals surface area contributed by atoms with E-state index in [1.165, 1.54) is 25.3 Å². The molecule has 0 heterocycles. The topological polar surface area (TPSA) is 105 Å². The first-order valence-corrected chi connectivity index (χ1v) is 7.73. The lowest BCUT2D eigenvalue weighted by atomic mass is 10.2. The van der Waals surface area contributed by atoms with Gasteiger partial charge >= 0.3 is 0 Å². The van der Waals surface area contributed by atoms with E-state index in [1.54, 1.807) is 0 Å². The van der Waals surface area contributed by atoms with Crippen LogP contribution in [0.3, 0.4) is 0 Å². The first-order chi connectivity index (χ1) is 9.44. The highest BCUT2D eigenvalue weighted by Crippen LogP contribution is 2.18. The second-order valence-corrected chi connectivity index (χ2v) is 6.11. The summed E-state index contributed by atoms with van der Waals surface area (Å²) in [5.74, 6) is 0. The van der Waals surface area contributed by atoms with Crippen molar-refractivity contribution < 1.29 is 13.2 Å². The predicted molar refractivity (Wildman–Crippen MR) is 76.5 cm³/mol. The van der Waals surface area contributed by atoms with E-state index in [0.717, 1.165) is 6.42 Å². The predicted octanol–water partition coefficient (Wildman–Crippen LogP) is 1.23. The summed E-state index contributed by atoms with van der Waals surface area (Å²) in [5, 5.41) is 9.02. The molecule has 7 heteroatoms. The van der Waals surface area contributed by atoms with Crippen molar-refractivity contribution >= 4 is 15.7 Å². The minimum Gasteiger partial charge on any atom is -0.399 e. The minimum atomic E-state index is -3.77. The normalized spacial score (nSPS) is 12.8. The van der Waals surface area contributed by atoms with Crippen LogP contribution >= 0.6 is 0 Å². The molecule has 0 aliphatic carbocycles. The van der Waals surface area contributed by atoms with E-state index < -0.39 is 10.0 Å². The number of nitrogens with zero attached hydrogens (tertiary/aromatic N) is 1. The lowest BCUT2D eigenvalue weighted by molar-refractivity contribution is 0.171. The van der Waals surface area contributed by atoms with Crippen molar-refractivity contribution in [3.05, 3.63) is 23.8 Å². The maximum atomic E-state index is 12.3. The summed E-state index contributed by atoms with van der Waals surface area (Å²) in [6, 6.07) is 5.67. The number of ether oxygens (including phenoxy) is 1. The summed E-state index contributed by atoms with van der Waals surface area (Å²) in [6.07, 6.45) is 1.48. The third-order valence-electron chi connectivity index (χ3n) is 2.74. The number of nitrogen functional groups attached to an aromatic ring is 1. The Bertz CT molecular complexity index is 587. The number of nitrogens with one attached hydrogen (secondary N) is 1. The number of sulfonamides is 1. The molecule has 0 aliphatic heterocycles. The fraction of sp³-hybridized carbons (Fsp3) is 0.462. The second-order valence-electron chi connectivity index (χ2n) is 4.43. The Morgan fingerprint density at radius 1 is 1.50 bits per heavy atom. The van der Waals surface area contributed by atoms with Crippen LogP contribution in [0.4, 0.5) is 5.69 Å². The quantitative estimate of drug-likeness (QED) is 0.736. The average molecular weight is 297 g/mol. The number of nitrogens with two attached hydrogens (primary N) is 1. The molecule has 110 valence electrons. The molecule has 20 heavy (non-hydrogen) atoms. The first kappa shape index (κ1) is 16.4. The standard InChI is InChI=1S/C13H19N3O3S/c1-3-4-12(9-19-2)16-20(17,18)13-6-5-11(15)7-10(13)8-14/h5-7,12,16H,3-4,9,15H2,1-2H3. The third kappa shape index (κ3) is 4.20. The maximum absolute atomic E-state index is 12.3. The highest BCUT2D eigenvalue weighted by Gasteiger charge is 2.22. The molecule has 1 atom stereocenters. The molecule has 0 saturated heterocycles. The molecule has 6 nitrogen and oxygen atoms in total. The Kier molecular flexibility index (Phi) is 5.95. The molecular weight excluding hydrogens is 278 g/mol. The van der Waals surface area contributed by atoms with Crippen molar-refractivity contribution in [2.24, 2.45) is 0 Å². The van der Waals surface area contributed by atoms with Gasteiger partial charge in [-0.1, -0.05) is 13.3 Å². The molecule has 3 N–H and O–H groups in total. The summed E-state index contributed by atoms with van der Waals surface area (Å²) in [7, 11) is -2.26. The van der Waals surface area contributed by atoms with Gasteiger partial charge in [-0.3, -0.25) is 0 Å². The average Bonchev–Trinajstić information content (AvgIpc) is 2.38. The van der Waals surface area contributed by atoms with Gasteiger partial charge in [0.25, 0.3) is 0 Å². The number of hydrogen-bond acceptors (Lipinski definition) is 5. The van der Waals surface area contributed by atoms with Crippen LogP contribution in [0, 0.1) is 11.3 Å². The van der Waals surface area contributed by atoms with Gasteiger partial charge in [-0.15, -0.1) is 0 Å². The van der Waals surface area contributed by atoms with Crippen molar-refractivity contribution in [3.63, 3.8) is 0 Å². The number of anilines is 1. The molecule has 0 aromatic heterocycles. The third-order valence-corrected chi connectivity index (χ3v) is 4.32. The Labute approximate surface area is 119 Å². The largest absolute Gasteiger partial charge is 0.399 e. The van der Waals surface area contributed by atoms with Crippen molar-refractivity contribution in [1.29, 1.82) is 5.26 Å². The first-order valence-electron chi connectivity index (χ1n) is 6.25. The number of rotatable bonds is 7. The second kappa shape index (κ2) is 7.24. The maximum Gasteiger partial charge on any atom is 0.242 e. The Morgan fingerprint density at radius 3 is 2.75 bits per heavy atom. The fourth-order valence-electron chi connectivity index (χ4n) is 1.88. The summed E-state index contributed by atoms with van der Waals surface area (Å²) in [6.45, 7) is 2.24. The van der Waals surface area contributed by atoms with Crippen molar-refractivity contribution in [2.75, 3.05) is 19.5 Å². The molecule has 1 aromatic carbocycles. The summed E-state index contributed by atoms with van der Waals surface area (Å²) in [5.41, 5.74) is 5.94. The Hall–Kier alpha value is -1.62. The number of hydrogen-bond donors (Lipinski definition) is 2. The van der Waals surface area contributed by atoms with Crippen molar-refractivity contribution in [3.8, 4) is 6.07 Å². The van der Waals surface area contributed by atoms with Crippen LogP contribution in [-0.2, 0) is 14.8 Å². The van der Waals surface area contributed by atoms with E-state index in [1.807, 2.05) is 13.0 Å². The van der Waals surface area contributed by atoms with Gasteiger partial charge in [0.1, 0.15) is 6.07 Å². The Balaban J connectivity index is 3.07. The summed E-state index contributed by atoms with van der Waals surface area (Å²) >= 11 is 0. The molecule has 0 fully saturated rings. The molecular formula is C13H19N3O3S. The van der Waals surface area contributed by atoms with Gasteiger partial charge in [-0.25, -0.2) is 13.1 Å².